The van der Waals surface area contributed by atoms with Crippen molar-refractivity contribution in [2.75, 3.05) is 46.5 Å². The van der Waals surface area contributed by atoms with Gasteiger partial charge in [0.25, 0.3) is 5.91 Å². The van der Waals surface area contributed by atoms with Crippen LogP contribution in [0.5, 0.6) is 5.88 Å². The first-order valence-corrected chi connectivity index (χ1v) is 12.8. The predicted molar refractivity (Wildman–Crippen MR) is 139 cm³/mol. The summed E-state index contributed by atoms with van der Waals surface area (Å²) < 4.78 is 25.7. The Hall–Kier alpha value is -3.89. The van der Waals surface area contributed by atoms with Crippen molar-refractivity contribution in [1.82, 2.24) is 29.7 Å². The standard InChI is InChI=1S/C28H29FN6O3/c1-37-27-21(12-19-4-2-3-5-23(19)33-27)24-14-31-26(32-24)25-16-34(15-18-7-11-38-17-18)9-10-35(25)28(36)20-6-8-30-13-22(20)29/h2-6,8,12-14,18,25H,7,9-11,15-17H2,1H3,(H,31,32). The smallest absolute Gasteiger partial charge is 0.257 e. The summed E-state index contributed by atoms with van der Waals surface area (Å²) >= 11 is 0. The zero-order valence-corrected chi connectivity index (χ0v) is 21.1. The molecule has 0 spiro atoms. The number of piperazine rings is 1. The van der Waals surface area contributed by atoms with Crippen molar-refractivity contribution in [2.24, 2.45) is 5.92 Å². The molecule has 2 saturated heterocycles. The fraction of sp³-hybridized carbons (Fsp3) is 0.357. The number of nitrogens with zero attached hydrogens (tertiary/aromatic N) is 5. The van der Waals surface area contributed by atoms with Crippen LogP contribution in [0, 0.1) is 11.7 Å². The number of pyridine rings is 2. The number of aromatic amines is 1. The second-order valence-corrected chi connectivity index (χ2v) is 9.78. The van der Waals surface area contributed by atoms with E-state index in [2.05, 4.69) is 19.9 Å². The lowest BCUT2D eigenvalue weighted by atomic mass is 10.0. The molecule has 2 fully saturated rings. The van der Waals surface area contributed by atoms with Crippen LogP contribution in [-0.4, -0.2) is 82.1 Å². The van der Waals surface area contributed by atoms with Gasteiger partial charge in [0.15, 0.2) is 5.82 Å². The third-order valence-electron chi connectivity index (χ3n) is 7.35. The van der Waals surface area contributed by atoms with Gasteiger partial charge < -0.3 is 19.4 Å². The molecule has 2 atom stereocenters. The van der Waals surface area contributed by atoms with E-state index in [-0.39, 0.29) is 17.5 Å². The van der Waals surface area contributed by atoms with Gasteiger partial charge >= 0.3 is 0 Å². The molecule has 4 aromatic rings. The summed E-state index contributed by atoms with van der Waals surface area (Å²) in [5.74, 6) is 0.578. The molecule has 38 heavy (non-hydrogen) atoms. The first-order valence-electron chi connectivity index (χ1n) is 12.8. The monoisotopic (exact) mass is 516 g/mol. The minimum atomic E-state index is -0.631. The Morgan fingerprint density at radius 1 is 1.24 bits per heavy atom. The van der Waals surface area contributed by atoms with Crippen LogP contribution in [0.25, 0.3) is 22.2 Å². The number of rotatable bonds is 6. The number of H-pyrrole nitrogens is 1. The Morgan fingerprint density at radius 2 is 2.13 bits per heavy atom. The summed E-state index contributed by atoms with van der Waals surface area (Å²) in [6.07, 6.45) is 5.28. The molecule has 1 N–H and O–H groups in total. The van der Waals surface area contributed by atoms with Gasteiger partial charge in [0.2, 0.25) is 5.88 Å². The number of nitrogens with one attached hydrogen (secondary N) is 1. The highest BCUT2D eigenvalue weighted by molar-refractivity contribution is 5.94. The van der Waals surface area contributed by atoms with E-state index in [9.17, 15) is 9.18 Å². The van der Waals surface area contributed by atoms with E-state index in [0.717, 1.165) is 54.5 Å². The van der Waals surface area contributed by atoms with E-state index in [4.69, 9.17) is 14.5 Å². The summed E-state index contributed by atoms with van der Waals surface area (Å²) in [6.45, 7) is 4.16. The zero-order valence-electron chi connectivity index (χ0n) is 21.1. The summed E-state index contributed by atoms with van der Waals surface area (Å²) in [5.41, 5.74) is 2.36. The van der Waals surface area contributed by atoms with E-state index in [0.29, 0.717) is 37.3 Å². The molecule has 2 aliphatic rings. The molecule has 2 unspecified atom stereocenters. The van der Waals surface area contributed by atoms with Gasteiger partial charge in [-0.05, 0) is 30.5 Å². The number of para-hydroxylation sites is 1. The number of carbonyl (C=O) groups is 1. The molecule has 196 valence electrons. The first-order chi connectivity index (χ1) is 18.6. The Labute approximate surface area is 219 Å². The maximum atomic E-state index is 14.5. The van der Waals surface area contributed by atoms with Crippen molar-refractivity contribution >= 4 is 16.8 Å². The van der Waals surface area contributed by atoms with Gasteiger partial charge in [0.05, 0.1) is 48.4 Å². The van der Waals surface area contributed by atoms with E-state index < -0.39 is 5.82 Å². The van der Waals surface area contributed by atoms with Crippen molar-refractivity contribution < 1.29 is 18.7 Å². The van der Waals surface area contributed by atoms with Crippen molar-refractivity contribution in [3.05, 3.63) is 72.2 Å². The predicted octanol–water partition coefficient (Wildman–Crippen LogP) is 3.70. The summed E-state index contributed by atoms with van der Waals surface area (Å²) in [5, 5.41) is 0.979. The fourth-order valence-electron chi connectivity index (χ4n) is 5.37. The Kier molecular flexibility index (Phi) is 6.73. The highest BCUT2D eigenvalue weighted by Crippen LogP contribution is 2.33. The minimum Gasteiger partial charge on any atom is -0.480 e. The molecular weight excluding hydrogens is 487 g/mol. The lowest BCUT2D eigenvalue weighted by Gasteiger charge is -2.41. The normalized spacial score (nSPS) is 20.2. The summed E-state index contributed by atoms with van der Waals surface area (Å²) in [7, 11) is 1.59. The fourth-order valence-corrected chi connectivity index (χ4v) is 5.37. The summed E-state index contributed by atoms with van der Waals surface area (Å²) in [4.78, 5) is 34.1. The number of aromatic nitrogens is 4. The SMILES string of the molecule is COc1nc2ccccc2cc1-c1cnc(C2CN(CC3CCOC3)CCN2C(=O)c2ccncc2F)[nH]1. The third-order valence-corrected chi connectivity index (χ3v) is 7.35. The lowest BCUT2D eigenvalue weighted by Crippen LogP contribution is -2.52. The van der Waals surface area contributed by atoms with Crippen molar-refractivity contribution in [3.63, 3.8) is 0 Å². The Balaban J connectivity index is 1.34. The van der Waals surface area contributed by atoms with E-state index in [1.54, 1.807) is 18.2 Å². The van der Waals surface area contributed by atoms with Gasteiger partial charge in [-0.3, -0.25) is 14.7 Å². The van der Waals surface area contributed by atoms with Crippen LogP contribution < -0.4 is 4.74 Å². The molecule has 5 heterocycles. The van der Waals surface area contributed by atoms with Crippen molar-refractivity contribution in [1.29, 1.82) is 0 Å². The number of fused-ring (bicyclic) bond motifs is 1. The average molecular weight is 517 g/mol. The van der Waals surface area contributed by atoms with Crippen molar-refractivity contribution in [3.8, 4) is 17.1 Å². The number of methoxy groups -OCH3 is 1. The number of benzene rings is 1. The lowest BCUT2D eigenvalue weighted by molar-refractivity contribution is 0.0389. The van der Waals surface area contributed by atoms with E-state index >= 15 is 0 Å². The largest absolute Gasteiger partial charge is 0.480 e. The molecule has 9 nitrogen and oxygen atoms in total. The highest BCUT2D eigenvalue weighted by atomic mass is 19.1. The molecule has 1 aromatic carbocycles. The molecule has 6 rings (SSSR count). The topological polar surface area (TPSA) is 96.5 Å². The Bertz CT molecular complexity index is 1450. The quantitative estimate of drug-likeness (QED) is 0.417. The number of hydrogen-bond acceptors (Lipinski definition) is 7. The first kappa shape index (κ1) is 24.4. The molecule has 3 aromatic heterocycles. The van der Waals surface area contributed by atoms with Gasteiger partial charge in [0, 0.05) is 44.4 Å². The van der Waals surface area contributed by atoms with Crippen LogP contribution in [-0.2, 0) is 4.74 Å². The minimum absolute atomic E-state index is 0.00909. The molecule has 1 amide bonds. The van der Waals surface area contributed by atoms with Crippen LogP contribution in [0.3, 0.4) is 0 Å². The van der Waals surface area contributed by atoms with Crippen LogP contribution in [0.1, 0.15) is 28.6 Å². The average Bonchev–Trinajstić information content (AvgIpc) is 3.65. The van der Waals surface area contributed by atoms with Crippen molar-refractivity contribution in [2.45, 2.75) is 12.5 Å². The van der Waals surface area contributed by atoms with E-state index in [1.165, 1.54) is 12.3 Å². The molecule has 10 heteroatoms. The zero-order chi connectivity index (χ0) is 26.1. The van der Waals surface area contributed by atoms with Crippen LogP contribution in [0.2, 0.25) is 0 Å². The number of hydrogen-bond donors (Lipinski definition) is 1. The number of ether oxygens (including phenoxy) is 2. The van der Waals surface area contributed by atoms with Gasteiger partial charge in [-0.25, -0.2) is 14.4 Å². The van der Waals surface area contributed by atoms with Crippen LogP contribution in [0.4, 0.5) is 4.39 Å². The number of halogens is 1. The molecule has 0 bridgehead atoms. The van der Waals surface area contributed by atoms with Crippen LogP contribution in [0.15, 0.2) is 55.0 Å². The molecule has 0 radical (unpaired) electrons. The van der Waals surface area contributed by atoms with Gasteiger partial charge in [-0.15, -0.1) is 0 Å². The molecule has 0 aliphatic carbocycles. The van der Waals surface area contributed by atoms with E-state index in [1.807, 2.05) is 30.3 Å². The third kappa shape index (κ3) is 4.72. The second kappa shape index (κ2) is 10.5. The number of amides is 1. The molecular formula is C28H29FN6O3. The Morgan fingerprint density at radius 3 is 2.95 bits per heavy atom. The number of carbonyl (C=O) groups excluding carboxylic acids is 1. The maximum Gasteiger partial charge on any atom is 0.257 e. The maximum absolute atomic E-state index is 14.5. The molecule has 2 aliphatic heterocycles. The van der Waals surface area contributed by atoms with Gasteiger partial charge in [-0.2, -0.15) is 0 Å². The molecule has 0 saturated carbocycles. The van der Waals surface area contributed by atoms with Gasteiger partial charge in [-0.1, -0.05) is 18.2 Å². The number of imidazole rings is 1. The highest BCUT2D eigenvalue weighted by Gasteiger charge is 2.36. The van der Waals surface area contributed by atoms with Crippen LogP contribution >= 0.6 is 0 Å². The summed E-state index contributed by atoms with van der Waals surface area (Å²) in [6, 6.07) is 10.9. The second-order valence-electron chi connectivity index (χ2n) is 9.78. The van der Waals surface area contributed by atoms with Gasteiger partial charge in [0.1, 0.15) is 11.9 Å².